The van der Waals surface area contributed by atoms with Crippen molar-refractivity contribution in [1.29, 1.82) is 0 Å². The maximum absolute atomic E-state index is 12.8. The molecular formula is C25H26ClN7O2S. The van der Waals surface area contributed by atoms with E-state index in [2.05, 4.69) is 14.9 Å². The van der Waals surface area contributed by atoms with Crippen LogP contribution in [0.5, 0.6) is 0 Å². The van der Waals surface area contributed by atoms with E-state index in [1.165, 1.54) is 4.90 Å². The van der Waals surface area contributed by atoms with Crippen LogP contribution in [0.2, 0.25) is 5.02 Å². The Kier molecular flexibility index (Phi) is 6.55. The predicted molar refractivity (Wildman–Crippen MR) is 143 cm³/mol. The molecule has 0 aliphatic carbocycles. The molecule has 1 saturated heterocycles. The van der Waals surface area contributed by atoms with Crippen molar-refractivity contribution in [3.63, 3.8) is 0 Å². The van der Waals surface area contributed by atoms with E-state index in [4.69, 9.17) is 17.3 Å². The summed E-state index contributed by atoms with van der Waals surface area (Å²) in [5, 5.41) is 2.35. The molecule has 4 aromatic rings. The van der Waals surface area contributed by atoms with E-state index in [9.17, 15) is 9.59 Å². The van der Waals surface area contributed by atoms with Crippen LogP contribution in [-0.4, -0.2) is 76.3 Å². The molecule has 36 heavy (non-hydrogen) atoms. The molecule has 1 fully saturated rings. The highest BCUT2D eigenvalue weighted by molar-refractivity contribution is 7.15. The number of halogens is 1. The summed E-state index contributed by atoms with van der Waals surface area (Å²) in [7, 11) is 3.38. The Hall–Kier alpha value is -3.63. The molecule has 3 aromatic heterocycles. The Labute approximate surface area is 217 Å². The molecule has 0 atom stereocenters. The van der Waals surface area contributed by atoms with Gasteiger partial charge >= 0.3 is 0 Å². The zero-order chi connectivity index (χ0) is 25.4. The third kappa shape index (κ3) is 4.74. The monoisotopic (exact) mass is 523 g/mol. The standard InChI is InChI=1S/C25H26ClN7O2S/c1-30(2)24(35)19-4-3-16(11-20(19)26)17-12-21(27)23(28-14-17)32-7-5-31(6-8-32)22(34)13-18-15-33-9-10-36-25(33)29-18/h3-4,9-12,14-15H,5-8,13,27H2,1-2H3. The molecule has 2 amide bonds. The smallest absolute Gasteiger partial charge is 0.254 e. The number of nitrogen functional groups attached to an aromatic ring is 1. The Balaban J connectivity index is 1.23. The van der Waals surface area contributed by atoms with E-state index >= 15 is 0 Å². The quantitative estimate of drug-likeness (QED) is 0.431. The minimum absolute atomic E-state index is 0.0738. The van der Waals surface area contributed by atoms with Crippen LogP contribution in [0.4, 0.5) is 11.5 Å². The number of amides is 2. The van der Waals surface area contributed by atoms with Crippen molar-refractivity contribution >= 4 is 51.2 Å². The molecule has 0 saturated carbocycles. The first-order valence-electron chi connectivity index (χ1n) is 11.5. The number of carbonyl (C=O) groups excluding carboxylic acids is 2. The molecule has 2 N–H and O–H groups in total. The molecular weight excluding hydrogens is 498 g/mol. The fourth-order valence-electron chi connectivity index (χ4n) is 4.30. The lowest BCUT2D eigenvalue weighted by Gasteiger charge is -2.36. The molecule has 5 rings (SSSR count). The Morgan fingerprint density at radius 2 is 1.92 bits per heavy atom. The summed E-state index contributed by atoms with van der Waals surface area (Å²) < 4.78 is 1.94. The van der Waals surface area contributed by atoms with Crippen molar-refractivity contribution in [3.05, 3.63) is 64.5 Å². The summed E-state index contributed by atoms with van der Waals surface area (Å²) in [5.74, 6) is 0.623. The maximum Gasteiger partial charge on any atom is 0.254 e. The van der Waals surface area contributed by atoms with Crippen LogP contribution in [0.3, 0.4) is 0 Å². The van der Waals surface area contributed by atoms with Gasteiger partial charge in [0.15, 0.2) is 10.8 Å². The minimum Gasteiger partial charge on any atom is -0.396 e. The fourth-order valence-corrected chi connectivity index (χ4v) is 5.28. The van der Waals surface area contributed by atoms with Gasteiger partial charge in [-0.15, -0.1) is 11.3 Å². The molecule has 0 bridgehead atoms. The molecule has 186 valence electrons. The second-order valence-electron chi connectivity index (χ2n) is 8.90. The first-order chi connectivity index (χ1) is 17.3. The number of carbonyl (C=O) groups is 2. The van der Waals surface area contributed by atoms with Gasteiger partial charge in [-0.25, -0.2) is 9.97 Å². The van der Waals surface area contributed by atoms with Gasteiger partial charge in [-0.1, -0.05) is 17.7 Å². The second-order valence-corrected chi connectivity index (χ2v) is 10.2. The van der Waals surface area contributed by atoms with Crippen molar-refractivity contribution < 1.29 is 9.59 Å². The van der Waals surface area contributed by atoms with Gasteiger partial charge < -0.3 is 20.4 Å². The van der Waals surface area contributed by atoms with E-state index in [-0.39, 0.29) is 11.8 Å². The van der Waals surface area contributed by atoms with Crippen molar-refractivity contribution in [2.24, 2.45) is 0 Å². The topological polar surface area (TPSA) is 100 Å². The number of nitrogens with two attached hydrogens (primary N) is 1. The van der Waals surface area contributed by atoms with Crippen LogP contribution in [0.15, 0.2) is 48.2 Å². The van der Waals surface area contributed by atoms with Crippen molar-refractivity contribution in [1.82, 2.24) is 24.2 Å². The first kappa shape index (κ1) is 24.1. The number of hydrogen-bond acceptors (Lipinski definition) is 7. The molecule has 1 aliphatic heterocycles. The van der Waals surface area contributed by atoms with Gasteiger partial charge in [-0.3, -0.25) is 14.0 Å². The highest BCUT2D eigenvalue weighted by Gasteiger charge is 2.24. The molecule has 4 heterocycles. The number of rotatable bonds is 5. The Morgan fingerprint density at radius 3 is 2.58 bits per heavy atom. The number of hydrogen-bond donors (Lipinski definition) is 1. The van der Waals surface area contributed by atoms with Crippen molar-refractivity contribution in [3.8, 4) is 11.1 Å². The number of fused-ring (bicyclic) bond motifs is 1. The van der Waals surface area contributed by atoms with Gasteiger partial charge in [0.25, 0.3) is 5.91 Å². The summed E-state index contributed by atoms with van der Waals surface area (Å²) in [6, 6.07) is 7.17. The number of thiazole rings is 1. The van der Waals surface area contributed by atoms with Gasteiger partial charge in [0, 0.05) is 69.8 Å². The zero-order valence-electron chi connectivity index (χ0n) is 20.0. The van der Waals surface area contributed by atoms with E-state index in [0.717, 1.165) is 21.8 Å². The fraction of sp³-hybridized carbons (Fsp3) is 0.280. The highest BCUT2D eigenvalue weighted by atomic mass is 35.5. The first-order valence-corrected chi connectivity index (χ1v) is 12.8. The normalized spacial score (nSPS) is 13.9. The van der Waals surface area contributed by atoms with E-state index < -0.39 is 0 Å². The third-order valence-corrected chi connectivity index (χ3v) is 7.32. The molecule has 1 aromatic carbocycles. The van der Waals surface area contributed by atoms with Crippen LogP contribution in [0.25, 0.3) is 16.1 Å². The molecule has 11 heteroatoms. The van der Waals surface area contributed by atoms with Crippen LogP contribution in [0, 0.1) is 0 Å². The van der Waals surface area contributed by atoms with Crippen LogP contribution in [0.1, 0.15) is 16.1 Å². The molecule has 9 nitrogen and oxygen atoms in total. The number of piperazine rings is 1. The summed E-state index contributed by atoms with van der Waals surface area (Å²) in [6.07, 6.45) is 5.91. The van der Waals surface area contributed by atoms with Gasteiger partial charge in [-0.05, 0) is 23.8 Å². The number of anilines is 2. The van der Waals surface area contributed by atoms with E-state index in [1.807, 2.05) is 39.2 Å². The highest BCUT2D eigenvalue weighted by Crippen LogP contribution is 2.30. The number of nitrogens with zero attached hydrogens (tertiary/aromatic N) is 6. The maximum atomic E-state index is 12.8. The largest absolute Gasteiger partial charge is 0.396 e. The minimum atomic E-state index is -0.151. The van der Waals surface area contributed by atoms with Crippen LogP contribution in [-0.2, 0) is 11.2 Å². The summed E-state index contributed by atoms with van der Waals surface area (Å²) >= 11 is 7.92. The SMILES string of the molecule is CN(C)C(=O)c1ccc(-c2cnc(N3CCN(C(=O)Cc4cn5ccsc5n4)CC3)c(N)c2)cc1Cl. The lowest BCUT2D eigenvalue weighted by molar-refractivity contribution is -0.130. The van der Waals surface area contributed by atoms with Gasteiger partial charge in [0.05, 0.1) is 28.4 Å². The van der Waals surface area contributed by atoms with Gasteiger partial charge in [0.2, 0.25) is 5.91 Å². The molecule has 0 unspecified atom stereocenters. The number of pyridine rings is 1. The lowest BCUT2D eigenvalue weighted by Crippen LogP contribution is -2.49. The van der Waals surface area contributed by atoms with Crippen molar-refractivity contribution in [2.45, 2.75) is 6.42 Å². The average molecular weight is 524 g/mol. The number of benzene rings is 1. The van der Waals surface area contributed by atoms with E-state index in [1.54, 1.807) is 43.8 Å². The summed E-state index contributed by atoms with van der Waals surface area (Å²) in [5.41, 5.74) is 9.81. The molecule has 0 radical (unpaired) electrons. The second kappa shape index (κ2) is 9.79. The molecule has 1 aliphatic rings. The number of aromatic nitrogens is 3. The zero-order valence-corrected chi connectivity index (χ0v) is 21.6. The Morgan fingerprint density at radius 1 is 1.14 bits per heavy atom. The van der Waals surface area contributed by atoms with Crippen LogP contribution >= 0.6 is 22.9 Å². The lowest BCUT2D eigenvalue weighted by atomic mass is 10.0. The average Bonchev–Trinajstić information content (AvgIpc) is 3.45. The third-order valence-electron chi connectivity index (χ3n) is 6.24. The number of imidazole rings is 1. The van der Waals surface area contributed by atoms with Gasteiger partial charge in [0.1, 0.15) is 0 Å². The van der Waals surface area contributed by atoms with Gasteiger partial charge in [-0.2, -0.15) is 0 Å². The molecule has 0 spiro atoms. The Bertz CT molecular complexity index is 1410. The van der Waals surface area contributed by atoms with Crippen molar-refractivity contribution in [2.75, 3.05) is 50.9 Å². The van der Waals surface area contributed by atoms with E-state index in [0.29, 0.717) is 54.7 Å². The predicted octanol–water partition coefficient (Wildman–Crippen LogP) is 3.29. The van der Waals surface area contributed by atoms with Crippen LogP contribution < -0.4 is 10.6 Å². The summed E-state index contributed by atoms with van der Waals surface area (Å²) in [4.78, 5) is 40.5. The summed E-state index contributed by atoms with van der Waals surface area (Å²) in [6.45, 7) is 2.49.